The van der Waals surface area contributed by atoms with Crippen molar-refractivity contribution in [1.29, 1.82) is 0 Å². The molecule has 0 radical (unpaired) electrons. The van der Waals surface area contributed by atoms with Crippen molar-refractivity contribution in [1.82, 2.24) is 0 Å². The summed E-state index contributed by atoms with van der Waals surface area (Å²) in [7, 11) is 1.58. The van der Waals surface area contributed by atoms with Gasteiger partial charge in [-0.15, -0.1) is 0 Å². The fourth-order valence-corrected chi connectivity index (χ4v) is 3.27. The maximum Gasteiger partial charge on any atom is 0.116 e. The standard InChI is InChI=1S/C17H29N.C9H10O2/c1-4-7-16(11-10-14(3)5-2)17-9-6-8-15(12-17)13-18;1-11-6-5-8-3-2-4-9(10)7-8/h6,8-9,12,14,16H,4-5,7,10-11,13,18H2,1-3H3;2-7,10H,1H3/b;6-5-. The monoisotopic (exact) mass is 397 g/mol. The van der Waals surface area contributed by atoms with E-state index in [1.54, 1.807) is 37.6 Å². The van der Waals surface area contributed by atoms with Crippen LogP contribution in [0.5, 0.6) is 5.75 Å². The average molecular weight is 398 g/mol. The highest BCUT2D eigenvalue weighted by Crippen LogP contribution is 2.29. The SMILES string of the molecule is CCCC(CCC(C)CC)c1cccc(CN)c1.CO/C=C\c1cccc(O)c1. The summed E-state index contributed by atoms with van der Waals surface area (Å²) in [5.74, 6) is 1.83. The van der Waals surface area contributed by atoms with Crippen molar-refractivity contribution in [3.63, 3.8) is 0 Å². The first-order chi connectivity index (χ1) is 14.0. The van der Waals surface area contributed by atoms with Crippen LogP contribution in [0.1, 0.15) is 75.5 Å². The maximum atomic E-state index is 9.04. The highest BCUT2D eigenvalue weighted by molar-refractivity contribution is 5.50. The number of methoxy groups -OCH3 is 1. The van der Waals surface area contributed by atoms with Crippen molar-refractivity contribution in [2.24, 2.45) is 11.7 Å². The topological polar surface area (TPSA) is 55.5 Å². The average Bonchev–Trinajstić information content (AvgIpc) is 2.75. The molecule has 2 aromatic rings. The first-order valence-corrected chi connectivity index (χ1v) is 10.8. The summed E-state index contributed by atoms with van der Waals surface area (Å²) in [5.41, 5.74) is 9.41. The molecule has 3 nitrogen and oxygen atoms in total. The Hall–Kier alpha value is -2.26. The van der Waals surface area contributed by atoms with Gasteiger partial charge in [0.15, 0.2) is 0 Å². The Kier molecular flexibility index (Phi) is 12.6. The first-order valence-electron chi connectivity index (χ1n) is 10.8. The molecule has 2 atom stereocenters. The van der Waals surface area contributed by atoms with E-state index in [9.17, 15) is 0 Å². The summed E-state index contributed by atoms with van der Waals surface area (Å²) in [6, 6.07) is 15.8. The van der Waals surface area contributed by atoms with Crippen LogP contribution in [-0.2, 0) is 11.3 Å². The number of hydrogen-bond acceptors (Lipinski definition) is 3. The van der Waals surface area contributed by atoms with Gasteiger partial charge in [-0.3, -0.25) is 0 Å². The molecule has 0 saturated carbocycles. The molecule has 2 unspecified atom stereocenters. The molecular formula is C26H39NO2. The zero-order valence-corrected chi connectivity index (χ0v) is 18.6. The summed E-state index contributed by atoms with van der Waals surface area (Å²) in [6.45, 7) is 7.58. The Labute approximate surface area is 177 Å². The molecule has 0 aliphatic heterocycles. The molecule has 3 N–H and O–H groups in total. The third kappa shape index (κ3) is 10.2. The molecule has 2 rings (SSSR count). The van der Waals surface area contributed by atoms with Gasteiger partial charge in [-0.25, -0.2) is 0 Å². The summed E-state index contributed by atoms with van der Waals surface area (Å²) in [6.07, 6.45) is 9.85. The zero-order valence-electron chi connectivity index (χ0n) is 18.6. The quantitative estimate of drug-likeness (QED) is 0.430. The number of benzene rings is 2. The number of aromatic hydroxyl groups is 1. The third-order valence-corrected chi connectivity index (χ3v) is 5.27. The Balaban J connectivity index is 0.000000326. The zero-order chi connectivity index (χ0) is 21.5. The van der Waals surface area contributed by atoms with Gasteiger partial charge in [0.25, 0.3) is 0 Å². The summed E-state index contributed by atoms with van der Waals surface area (Å²) in [5, 5.41) is 9.04. The summed E-state index contributed by atoms with van der Waals surface area (Å²) < 4.78 is 4.72. The smallest absolute Gasteiger partial charge is 0.116 e. The molecule has 160 valence electrons. The second kappa shape index (κ2) is 14.7. The van der Waals surface area contributed by atoms with Gasteiger partial charge in [-0.05, 0) is 59.6 Å². The second-order valence-electron chi connectivity index (χ2n) is 7.66. The van der Waals surface area contributed by atoms with Gasteiger partial charge in [0.1, 0.15) is 5.75 Å². The van der Waals surface area contributed by atoms with E-state index in [1.165, 1.54) is 43.2 Å². The minimum absolute atomic E-state index is 0.267. The minimum Gasteiger partial charge on any atom is -0.508 e. The van der Waals surface area contributed by atoms with Crippen LogP contribution in [0.3, 0.4) is 0 Å². The van der Waals surface area contributed by atoms with E-state index < -0.39 is 0 Å². The van der Waals surface area contributed by atoms with Crippen LogP contribution in [0.25, 0.3) is 6.08 Å². The highest BCUT2D eigenvalue weighted by Gasteiger charge is 2.12. The Bertz CT molecular complexity index is 711. The molecule has 0 saturated heterocycles. The lowest BCUT2D eigenvalue weighted by Gasteiger charge is -2.19. The minimum atomic E-state index is 0.267. The predicted octanol–water partition coefficient (Wildman–Crippen LogP) is 6.86. The van der Waals surface area contributed by atoms with E-state index in [0.717, 1.165) is 17.4 Å². The lowest BCUT2D eigenvalue weighted by molar-refractivity contribution is 0.341. The Morgan fingerprint density at radius 2 is 1.79 bits per heavy atom. The Morgan fingerprint density at radius 3 is 2.41 bits per heavy atom. The number of ether oxygens (including phenoxy) is 1. The lowest BCUT2D eigenvalue weighted by Crippen LogP contribution is -2.04. The lowest BCUT2D eigenvalue weighted by atomic mass is 9.86. The van der Waals surface area contributed by atoms with Gasteiger partial charge >= 0.3 is 0 Å². The number of phenols is 1. The second-order valence-corrected chi connectivity index (χ2v) is 7.66. The Morgan fingerprint density at radius 1 is 1.03 bits per heavy atom. The molecular weight excluding hydrogens is 358 g/mol. The summed E-state index contributed by atoms with van der Waals surface area (Å²) in [4.78, 5) is 0. The van der Waals surface area contributed by atoms with Gasteiger partial charge in [0.2, 0.25) is 0 Å². The fourth-order valence-electron chi connectivity index (χ4n) is 3.27. The molecule has 0 aliphatic carbocycles. The van der Waals surface area contributed by atoms with Crippen LogP contribution in [0.15, 0.2) is 54.8 Å². The molecule has 0 aliphatic rings. The van der Waals surface area contributed by atoms with Crippen molar-refractivity contribution in [3.05, 3.63) is 71.5 Å². The van der Waals surface area contributed by atoms with Gasteiger partial charge in [0.05, 0.1) is 13.4 Å². The molecule has 0 spiro atoms. The van der Waals surface area contributed by atoms with Gasteiger partial charge in [-0.1, -0.05) is 76.4 Å². The number of phenolic OH excluding ortho intramolecular Hbond substituents is 1. The fraction of sp³-hybridized carbons (Fsp3) is 0.462. The molecule has 0 aromatic heterocycles. The van der Waals surface area contributed by atoms with Crippen molar-refractivity contribution >= 4 is 6.08 Å². The van der Waals surface area contributed by atoms with Crippen molar-refractivity contribution in [2.75, 3.05) is 7.11 Å². The molecule has 0 amide bonds. The molecule has 3 heteroatoms. The van der Waals surface area contributed by atoms with Crippen LogP contribution in [0.2, 0.25) is 0 Å². The molecule has 0 fully saturated rings. The number of hydrogen-bond donors (Lipinski definition) is 2. The predicted molar refractivity (Wildman–Crippen MR) is 125 cm³/mol. The van der Waals surface area contributed by atoms with E-state index in [4.69, 9.17) is 15.6 Å². The van der Waals surface area contributed by atoms with Crippen molar-refractivity contribution < 1.29 is 9.84 Å². The molecule has 29 heavy (non-hydrogen) atoms. The number of rotatable bonds is 10. The van der Waals surface area contributed by atoms with Gasteiger partial charge < -0.3 is 15.6 Å². The van der Waals surface area contributed by atoms with Crippen LogP contribution in [0.4, 0.5) is 0 Å². The van der Waals surface area contributed by atoms with E-state index in [-0.39, 0.29) is 5.75 Å². The van der Waals surface area contributed by atoms with Crippen molar-refractivity contribution in [2.45, 2.75) is 65.3 Å². The summed E-state index contributed by atoms with van der Waals surface area (Å²) >= 11 is 0. The largest absolute Gasteiger partial charge is 0.508 e. The maximum absolute atomic E-state index is 9.04. The first kappa shape index (κ1) is 24.8. The van der Waals surface area contributed by atoms with Crippen molar-refractivity contribution in [3.8, 4) is 5.75 Å². The molecule has 0 heterocycles. The molecule has 2 aromatic carbocycles. The normalized spacial score (nSPS) is 12.9. The van der Waals surface area contributed by atoms with Gasteiger partial charge in [-0.2, -0.15) is 0 Å². The van der Waals surface area contributed by atoms with E-state index in [2.05, 4.69) is 45.0 Å². The van der Waals surface area contributed by atoms with Crippen LogP contribution in [-0.4, -0.2) is 12.2 Å². The van der Waals surface area contributed by atoms with Crippen LogP contribution >= 0.6 is 0 Å². The van der Waals surface area contributed by atoms with E-state index >= 15 is 0 Å². The van der Waals surface area contributed by atoms with E-state index in [1.807, 2.05) is 6.07 Å². The van der Waals surface area contributed by atoms with Crippen LogP contribution in [0, 0.1) is 5.92 Å². The van der Waals surface area contributed by atoms with Gasteiger partial charge in [0, 0.05) is 6.54 Å². The highest BCUT2D eigenvalue weighted by atomic mass is 16.5. The number of nitrogens with two attached hydrogens (primary N) is 1. The van der Waals surface area contributed by atoms with Crippen LogP contribution < -0.4 is 5.73 Å². The van der Waals surface area contributed by atoms with E-state index in [0.29, 0.717) is 6.54 Å². The third-order valence-electron chi connectivity index (χ3n) is 5.27. The molecule has 0 bridgehead atoms.